The van der Waals surface area contributed by atoms with Crippen LogP contribution < -0.4 is 0 Å². The van der Waals surface area contributed by atoms with Gasteiger partial charge in [0.25, 0.3) is 0 Å². The molecule has 1 aliphatic heterocycles. The second-order valence-corrected chi connectivity index (χ2v) is 4.41. The van der Waals surface area contributed by atoms with E-state index in [2.05, 4.69) is 47.1 Å². The number of hydrogen-bond donors (Lipinski definition) is 0. The van der Waals surface area contributed by atoms with Crippen LogP contribution in [0.2, 0.25) is 0 Å². The molecule has 22 heavy (non-hydrogen) atoms. The zero-order chi connectivity index (χ0) is 16.8. The van der Waals surface area contributed by atoms with Gasteiger partial charge in [-0.25, -0.2) is 0 Å². The first kappa shape index (κ1) is 19.9. The SMILES string of the molecule is C=C/C=C(\C=C/C)C1CC=NN1C(/C=C\C)=C/C=C\C.CC. The van der Waals surface area contributed by atoms with Gasteiger partial charge in [0.2, 0.25) is 0 Å². The van der Waals surface area contributed by atoms with Crippen molar-refractivity contribution in [3.8, 4) is 0 Å². The summed E-state index contributed by atoms with van der Waals surface area (Å²) in [5.74, 6) is 0. The summed E-state index contributed by atoms with van der Waals surface area (Å²) in [5, 5.41) is 6.59. The van der Waals surface area contributed by atoms with Crippen molar-refractivity contribution >= 4 is 6.21 Å². The van der Waals surface area contributed by atoms with Crippen LogP contribution >= 0.6 is 0 Å². The largest absolute Gasteiger partial charge is 0.258 e. The first-order valence-corrected chi connectivity index (χ1v) is 8.01. The third-order valence-corrected chi connectivity index (χ3v) is 2.95. The Kier molecular flexibility index (Phi) is 11.4. The van der Waals surface area contributed by atoms with E-state index in [9.17, 15) is 0 Å². The Bertz CT molecular complexity index is 488. The van der Waals surface area contributed by atoms with Crippen molar-refractivity contribution in [1.29, 1.82) is 0 Å². The number of hydrazone groups is 1. The summed E-state index contributed by atoms with van der Waals surface area (Å²) >= 11 is 0. The lowest BCUT2D eigenvalue weighted by molar-refractivity contribution is 0.341. The van der Waals surface area contributed by atoms with Gasteiger partial charge in [0, 0.05) is 12.6 Å². The molecule has 120 valence electrons. The highest BCUT2D eigenvalue weighted by Crippen LogP contribution is 2.25. The van der Waals surface area contributed by atoms with Gasteiger partial charge in [0.1, 0.15) is 0 Å². The summed E-state index contributed by atoms with van der Waals surface area (Å²) in [5.41, 5.74) is 2.31. The van der Waals surface area contributed by atoms with E-state index in [1.165, 1.54) is 5.57 Å². The lowest BCUT2D eigenvalue weighted by atomic mass is 10.0. The van der Waals surface area contributed by atoms with Crippen LogP contribution in [0.4, 0.5) is 0 Å². The van der Waals surface area contributed by atoms with E-state index in [1.807, 2.05) is 65.1 Å². The van der Waals surface area contributed by atoms with Gasteiger partial charge < -0.3 is 0 Å². The fourth-order valence-corrected chi connectivity index (χ4v) is 2.12. The molecule has 2 nitrogen and oxygen atoms in total. The van der Waals surface area contributed by atoms with Crippen LogP contribution in [0.15, 0.2) is 77.6 Å². The van der Waals surface area contributed by atoms with Gasteiger partial charge >= 0.3 is 0 Å². The Labute approximate surface area is 136 Å². The van der Waals surface area contributed by atoms with Crippen molar-refractivity contribution in [2.45, 2.75) is 47.1 Å². The van der Waals surface area contributed by atoms with E-state index in [0.717, 1.165) is 12.1 Å². The van der Waals surface area contributed by atoms with Crippen LogP contribution in [0.1, 0.15) is 41.0 Å². The minimum absolute atomic E-state index is 0.233. The molecule has 1 rings (SSSR count). The molecule has 0 aliphatic carbocycles. The number of rotatable bonds is 6. The molecule has 0 radical (unpaired) electrons. The smallest absolute Gasteiger partial charge is 0.0825 e. The molecular weight excluding hydrogens is 268 g/mol. The van der Waals surface area contributed by atoms with Gasteiger partial charge in [-0.15, -0.1) is 0 Å². The van der Waals surface area contributed by atoms with Crippen molar-refractivity contribution in [1.82, 2.24) is 5.01 Å². The second-order valence-electron chi connectivity index (χ2n) is 4.41. The number of nitrogens with zero attached hydrogens (tertiary/aromatic N) is 2. The van der Waals surface area contributed by atoms with Crippen molar-refractivity contribution in [3.05, 3.63) is 72.5 Å². The van der Waals surface area contributed by atoms with Gasteiger partial charge in [0.05, 0.1) is 11.7 Å². The van der Waals surface area contributed by atoms with E-state index in [0.29, 0.717) is 0 Å². The zero-order valence-electron chi connectivity index (χ0n) is 14.7. The first-order chi connectivity index (χ1) is 10.8. The molecule has 0 amide bonds. The molecule has 1 heterocycles. The van der Waals surface area contributed by atoms with Crippen LogP contribution in [-0.4, -0.2) is 17.3 Å². The lowest BCUT2D eigenvalue weighted by Gasteiger charge is -2.25. The fourth-order valence-electron chi connectivity index (χ4n) is 2.12. The Morgan fingerprint density at radius 3 is 2.32 bits per heavy atom. The highest BCUT2D eigenvalue weighted by molar-refractivity contribution is 5.62. The third kappa shape index (κ3) is 6.13. The summed E-state index contributed by atoms with van der Waals surface area (Å²) in [6.45, 7) is 13.9. The van der Waals surface area contributed by atoms with Crippen molar-refractivity contribution < 1.29 is 0 Å². The molecule has 1 unspecified atom stereocenters. The quantitative estimate of drug-likeness (QED) is 0.566. The van der Waals surface area contributed by atoms with E-state index in [-0.39, 0.29) is 6.04 Å². The van der Waals surface area contributed by atoms with Gasteiger partial charge in [-0.3, -0.25) is 5.01 Å². The molecule has 0 spiro atoms. The van der Waals surface area contributed by atoms with Gasteiger partial charge in [-0.1, -0.05) is 63.0 Å². The average Bonchev–Trinajstić information content (AvgIpc) is 3.02. The maximum Gasteiger partial charge on any atom is 0.0825 e. The average molecular weight is 298 g/mol. The maximum atomic E-state index is 4.52. The van der Waals surface area contributed by atoms with Crippen LogP contribution in [0.25, 0.3) is 0 Å². The molecule has 0 aromatic carbocycles. The molecule has 1 aliphatic rings. The van der Waals surface area contributed by atoms with E-state index < -0.39 is 0 Å². The predicted molar refractivity (Wildman–Crippen MR) is 101 cm³/mol. The molecule has 0 aromatic heterocycles. The maximum absolute atomic E-state index is 4.52. The Hall–Kier alpha value is -2.09. The minimum Gasteiger partial charge on any atom is -0.258 e. The Balaban J connectivity index is 0.00000211. The van der Waals surface area contributed by atoms with Gasteiger partial charge in [0.15, 0.2) is 0 Å². The molecule has 2 heteroatoms. The molecule has 0 fully saturated rings. The first-order valence-electron chi connectivity index (χ1n) is 8.01. The standard InChI is InChI=1S/C18H24N2.C2H6/c1-5-9-13-17(12-8-4)20-18(14-15-19-20)16(10-6-2)11-7-3;1-2/h5-13,15,18H,2,14H2,1,3-4H3;1-2H3/b9-5-,11-7-,12-8-,16-10+,17-13+;. The summed E-state index contributed by atoms with van der Waals surface area (Å²) in [4.78, 5) is 0. The molecular formula is C20H30N2. The van der Waals surface area contributed by atoms with Crippen molar-refractivity contribution in [2.24, 2.45) is 5.10 Å². The Morgan fingerprint density at radius 2 is 1.77 bits per heavy atom. The van der Waals surface area contributed by atoms with Gasteiger partial charge in [-0.2, -0.15) is 5.10 Å². The van der Waals surface area contributed by atoms with Crippen LogP contribution in [0.3, 0.4) is 0 Å². The molecule has 0 saturated heterocycles. The number of allylic oxidation sites excluding steroid dienone is 8. The topological polar surface area (TPSA) is 15.6 Å². The van der Waals surface area contributed by atoms with Crippen LogP contribution in [-0.2, 0) is 0 Å². The monoisotopic (exact) mass is 298 g/mol. The Morgan fingerprint density at radius 1 is 1.09 bits per heavy atom. The molecule has 0 N–H and O–H groups in total. The number of hydrogen-bond acceptors (Lipinski definition) is 2. The summed E-state index contributed by atoms with van der Waals surface area (Å²) in [6, 6.07) is 0.233. The van der Waals surface area contributed by atoms with Crippen LogP contribution in [0.5, 0.6) is 0 Å². The van der Waals surface area contributed by atoms with Crippen molar-refractivity contribution in [2.75, 3.05) is 0 Å². The molecule has 0 bridgehead atoms. The normalized spacial score (nSPS) is 19.3. The van der Waals surface area contributed by atoms with E-state index in [1.54, 1.807) is 0 Å². The van der Waals surface area contributed by atoms with Crippen molar-refractivity contribution in [3.63, 3.8) is 0 Å². The summed E-state index contributed by atoms with van der Waals surface area (Å²) in [6.07, 6.45) is 21.2. The minimum atomic E-state index is 0.233. The second kappa shape index (κ2) is 12.6. The van der Waals surface area contributed by atoms with E-state index in [4.69, 9.17) is 0 Å². The fraction of sp³-hybridized carbons (Fsp3) is 0.350. The van der Waals surface area contributed by atoms with E-state index >= 15 is 0 Å². The summed E-state index contributed by atoms with van der Waals surface area (Å²) < 4.78 is 0. The molecule has 1 atom stereocenters. The molecule has 0 saturated carbocycles. The highest BCUT2D eigenvalue weighted by atomic mass is 15.5. The van der Waals surface area contributed by atoms with Crippen LogP contribution in [0, 0.1) is 0 Å². The highest BCUT2D eigenvalue weighted by Gasteiger charge is 2.24. The predicted octanol–water partition coefficient (Wildman–Crippen LogP) is 5.80. The lowest BCUT2D eigenvalue weighted by Crippen LogP contribution is -2.26. The zero-order valence-corrected chi connectivity index (χ0v) is 14.7. The van der Waals surface area contributed by atoms with Gasteiger partial charge in [-0.05, 0) is 38.5 Å². The third-order valence-electron chi connectivity index (χ3n) is 2.95. The molecule has 0 aromatic rings. The summed E-state index contributed by atoms with van der Waals surface area (Å²) in [7, 11) is 0.